The maximum atomic E-state index is 6.42. The van der Waals surface area contributed by atoms with Gasteiger partial charge < -0.3 is 4.74 Å². The van der Waals surface area contributed by atoms with Gasteiger partial charge in [-0.1, -0.05) is 17.7 Å². The molecule has 21 heavy (non-hydrogen) atoms. The van der Waals surface area contributed by atoms with Crippen LogP contribution in [-0.4, -0.2) is 31.4 Å². The summed E-state index contributed by atoms with van der Waals surface area (Å²) in [6.07, 6.45) is 3.39. The summed E-state index contributed by atoms with van der Waals surface area (Å²) in [6, 6.07) is 5.79. The maximum Gasteiger partial charge on any atom is 0.162 e. The van der Waals surface area contributed by atoms with E-state index < -0.39 is 0 Å². The summed E-state index contributed by atoms with van der Waals surface area (Å²) >= 11 is 6.42. The van der Waals surface area contributed by atoms with E-state index in [0.717, 1.165) is 28.6 Å². The van der Waals surface area contributed by atoms with Crippen LogP contribution in [-0.2, 0) is 17.9 Å². The summed E-state index contributed by atoms with van der Waals surface area (Å²) in [6.45, 7) is 1.03. The number of methoxy groups -OCH3 is 1. The average Bonchev–Trinajstić information content (AvgIpc) is 3.05. The Morgan fingerprint density at radius 3 is 3.10 bits per heavy atom. The summed E-state index contributed by atoms with van der Waals surface area (Å²) in [5, 5.41) is 4.93. The van der Waals surface area contributed by atoms with Crippen molar-refractivity contribution in [2.45, 2.75) is 13.2 Å². The molecule has 0 N–H and O–H groups in total. The van der Waals surface area contributed by atoms with E-state index in [9.17, 15) is 0 Å². The summed E-state index contributed by atoms with van der Waals surface area (Å²) in [7, 11) is 1.66. The molecule has 106 valence electrons. The van der Waals surface area contributed by atoms with Gasteiger partial charge in [0, 0.05) is 7.11 Å². The Morgan fingerprint density at radius 1 is 1.33 bits per heavy atom. The van der Waals surface area contributed by atoms with E-state index in [-0.39, 0.29) is 0 Å². The van der Waals surface area contributed by atoms with Gasteiger partial charge >= 0.3 is 0 Å². The van der Waals surface area contributed by atoms with E-state index in [2.05, 4.69) is 19.6 Å². The molecule has 0 bridgehead atoms. The standard InChI is InChI=1S/C14H12ClN5O/c1-21-7-12-16-5-9-6-19-14(17-8-18-19)13-10(15)3-2-4-11(13)20(9)12/h2-5,8H,6-7H2,1H3. The molecule has 1 aromatic carbocycles. The quantitative estimate of drug-likeness (QED) is 0.570. The zero-order chi connectivity index (χ0) is 14.4. The van der Waals surface area contributed by atoms with Gasteiger partial charge in [0.25, 0.3) is 0 Å². The molecule has 4 rings (SSSR count). The van der Waals surface area contributed by atoms with Crippen LogP contribution in [0.1, 0.15) is 11.5 Å². The Bertz CT molecular complexity index is 823. The number of hydrogen-bond donors (Lipinski definition) is 0. The largest absolute Gasteiger partial charge is 0.377 e. The van der Waals surface area contributed by atoms with E-state index in [1.807, 2.05) is 29.1 Å². The summed E-state index contributed by atoms with van der Waals surface area (Å²) in [4.78, 5) is 8.81. The van der Waals surface area contributed by atoms with E-state index in [0.29, 0.717) is 18.2 Å². The van der Waals surface area contributed by atoms with Crippen LogP contribution >= 0.6 is 11.6 Å². The fourth-order valence-electron chi connectivity index (χ4n) is 2.71. The van der Waals surface area contributed by atoms with Crippen molar-refractivity contribution >= 4 is 11.6 Å². The van der Waals surface area contributed by atoms with Crippen molar-refractivity contribution in [3.05, 3.63) is 47.3 Å². The molecule has 1 aliphatic rings. The second kappa shape index (κ2) is 4.68. The minimum atomic E-state index is 0.432. The number of ether oxygens (including phenoxy) is 1. The van der Waals surface area contributed by atoms with Crippen LogP contribution in [0.5, 0.6) is 0 Å². The first-order chi connectivity index (χ1) is 10.3. The molecular weight excluding hydrogens is 290 g/mol. The smallest absolute Gasteiger partial charge is 0.162 e. The van der Waals surface area contributed by atoms with Crippen molar-refractivity contribution in [2.24, 2.45) is 0 Å². The van der Waals surface area contributed by atoms with Crippen molar-refractivity contribution < 1.29 is 4.74 Å². The first-order valence-corrected chi connectivity index (χ1v) is 6.89. The minimum Gasteiger partial charge on any atom is -0.377 e. The van der Waals surface area contributed by atoms with Crippen LogP contribution in [0.25, 0.3) is 17.1 Å². The minimum absolute atomic E-state index is 0.432. The van der Waals surface area contributed by atoms with Crippen molar-refractivity contribution in [1.29, 1.82) is 0 Å². The molecular formula is C14H12ClN5O. The Hall–Kier alpha value is -2.18. The molecule has 0 fully saturated rings. The molecule has 0 amide bonds. The number of nitrogens with zero attached hydrogens (tertiary/aromatic N) is 5. The number of fused-ring (bicyclic) bond motifs is 5. The highest BCUT2D eigenvalue weighted by atomic mass is 35.5. The lowest BCUT2D eigenvalue weighted by Crippen LogP contribution is -2.07. The molecule has 6 nitrogen and oxygen atoms in total. The number of rotatable bonds is 2. The van der Waals surface area contributed by atoms with Gasteiger partial charge in [-0.15, -0.1) is 0 Å². The van der Waals surface area contributed by atoms with Crippen LogP contribution in [0.2, 0.25) is 5.02 Å². The van der Waals surface area contributed by atoms with Crippen molar-refractivity contribution in [3.63, 3.8) is 0 Å². The molecule has 0 saturated carbocycles. The molecule has 3 heterocycles. The molecule has 0 spiro atoms. The predicted octanol–water partition coefficient (Wildman–Crippen LogP) is 2.29. The number of benzene rings is 1. The first kappa shape index (κ1) is 12.6. The van der Waals surface area contributed by atoms with Gasteiger partial charge in [0.1, 0.15) is 18.8 Å². The van der Waals surface area contributed by atoms with Crippen molar-refractivity contribution in [1.82, 2.24) is 24.3 Å². The van der Waals surface area contributed by atoms with E-state index in [1.165, 1.54) is 0 Å². The highest BCUT2D eigenvalue weighted by molar-refractivity contribution is 6.33. The van der Waals surface area contributed by atoms with Gasteiger partial charge in [-0.3, -0.25) is 4.57 Å². The topological polar surface area (TPSA) is 57.8 Å². The van der Waals surface area contributed by atoms with Gasteiger partial charge in [-0.05, 0) is 12.1 Å². The molecule has 0 saturated heterocycles. The van der Waals surface area contributed by atoms with E-state index >= 15 is 0 Å². The summed E-state index contributed by atoms with van der Waals surface area (Å²) in [5.41, 5.74) is 2.84. The Labute approximate surface area is 126 Å². The summed E-state index contributed by atoms with van der Waals surface area (Å²) in [5.74, 6) is 1.60. The molecule has 0 atom stereocenters. The second-order valence-electron chi connectivity index (χ2n) is 4.81. The van der Waals surface area contributed by atoms with Crippen molar-refractivity contribution in [2.75, 3.05) is 7.11 Å². The normalized spacial score (nSPS) is 12.5. The highest BCUT2D eigenvalue weighted by Crippen LogP contribution is 2.36. The Kier molecular flexibility index (Phi) is 2.80. The van der Waals surface area contributed by atoms with Gasteiger partial charge in [0.05, 0.1) is 34.7 Å². The molecule has 0 radical (unpaired) electrons. The van der Waals surface area contributed by atoms with Gasteiger partial charge in [0.2, 0.25) is 0 Å². The Morgan fingerprint density at radius 2 is 2.24 bits per heavy atom. The molecule has 7 heteroatoms. The van der Waals surface area contributed by atoms with Gasteiger partial charge in [0.15, 0.2) is 5.82 Å². The fraction of sp³-hybridized carbons (Fsp3) is 0.214. The van der Waals surface area contributed by atoms with Gasteiger partial charge in [-0.25, -0.2) is 14.6 Å². The number of halogens is 1. The molecule has 3 aromatic rings. The Balaban J connectivity index is 2.07. The zero-order valence-corrected chi connectivity index (χ0v) is 12.1. The SMILES string of the molecule is COCc1ncc2n1-c1cccc(Cl)c1-c1ncnn1C2. The average molecular weight is 302 g/mol. The van der Waals surface area contributed by atoms with Crippen molar-refractivity contribution in [3.8, 4) is 17.1 Å². The molecule has 1 aliphatic heterocycles. The van der Waals surface area contributed by atoms with Crippen LogP contribution in [0, 0.1) is 0 Å². The maximum absolute atomic E-state index is 6.42. The number of imidazole rings is 1. The third kappa shape index (κ3) is 1.80. The van der Waals surface area contributed by atoms with Crippen LogP contribution < -0.4 is 0 Å². The van der Waals surface area contributed by atoms with E-state index in [4.69, 9.17) is 16.3 Å². The summed E-state index contributed by atoms with van der Waals surface area (Å²) < 4.78 is 9.15. The van der Waals surface area contributed by atoms with Crippen LogP contribution in [0.15, 0.2) is 30.7 Å². The first-order valence-electron chi connectivity index (χ1n) is 6.51. The molecule has 2 aromatic heterocycles. The molecule has 0 aliphatic carbocycles. The highest BCUT2D eigenvalue weighted by Gasteiger charge is 2.24. The van der Waals surface area contributed by atoms with Crippen LogP contribution in [0.3, 0.4) is 0 Å². The third-order valence-electron chi connectivity index (χ3n) is 3.56. The van der Waals surface area contributed by atoms with E-state index in [1.54, 1.807) is 13.4 Å². The lowest BCUT2D eigenvalue weighted by atomic mass is 10.1. The molecule has 0 unspecified atom stereocenters. The third-order valence-corrected chi connectivity index (χ3v) is 3.88. The lowest BCUT2D eigenvalue weighted by molar-refractivity contribution is 0.176. The second-order valence-corrected chi connectivity index (χ2v) is 5.22. The monoisotopic (exact) mass is 301 g/mol. The number of aromatic nitrogens is 5. The number of hydrogen-bond acceptors (Lipinski definition) is 4. The fourth-order valence-corrected chi connectivity index (χ4v) is 2.97. The zero-order valence-electron chi connectivity index (χ0n) is 11.3. The van der Waals surface area contributed by atoms with Gasteiger partial charge in [-0.2, -0.15) is 5.10 Å². The predicted molar refractivity (Wildman–Crippen MR) is 77.4 cm³/mol. The van der Waals surface area contributed by atoms with Crippen LogP contribution in [0.4, 0.5) is 0 Å². The lowest BCUT2D eigenvalue weighted by Gasteiger charge is -2.12.